The number of benzene rings is 1. The smallest absolute Gasteiger partial charge is 0.255 e. The molecule has 0 spiro atoms. The molecule has 0 unspecified atom stereocenters. The minimum absolute atomic E-state index is 0.0291. The van der Waals surface area contributed by atoms with Gasteiger partial charge in [0, 0.05) is 37.7 Å². The first kappa shape index (κ1) is 15.1. The van der Waals surface area contributed by atoms with Gasteiger partial charge in [-0.05, 0) is 18.6 Å². The zero-order valence-corrected chi connectivity index (χ0v) is 12.7. The third kappa shape index (κ3) is 2.53. The zero-order chi connectivity index (χ0) is 15.7. The summed E-state index contributed by atoms with van der Waals surface area (Å²) in [6.45, 7) is 1.29. The van der Waals surface area contributed by atoms with Gasteiger partial charge in [-0.15, -0.1) is 0 Å². The van der Waals surface area contributed by atoms with E-state index in [1.54, 1.807) is 19.2 Å². The van der Waals surface area contributed by atoms with Crippen LogP contribution in [0.15, 0.2) is 18.2 Å². The van der Waals surface area contributed by atoms with Gasteiger partial charge < -0.3 is 24.6 Å². The SMILES string of the molecule is COC[C@@H]1[C@H](NC(=O)c2ccc(OC)cc2O)[C@@H]2CCO[C@H]12. The molecule has 1 heterocycles. The molecule has 1 amide bonds. The van der Waals surface area contributed by atoms with Gasteiger partial charge in [0.15, 0.2) is 0 Å². The summed E-state index contributed by atoms with van der Waals surface area (Å²) in [6.07, 6.45) is 1.12. The van der Waals surface area contributed by atoms with E-state index in [0.29, 0.717) is 18.3 Å². The molecule has 6 heteroatoms. The molecule has 2 N–H and O–H groups in total. The number of methoxy groups -OCH3 is 2. The van der Waals surface area contributed by atoms with Crippen molar-refractivity contribution in [3.63, 3.8) is 0 Å². The van der Waals surface area contributed by atoms with E-state index in [1.807, 2.05) is 0 Å². The van der Waals surface area contributed by atoms with Crippen LogP contribution >= 0.6 is 0 Å². The number of fused-ring (bicyclic) bond motifs is 1. The standard InChI is InChI=1S/C16H21NO5/c1-20-8-12-14(11-5-6-22-15(11)12)17-16(19)10-4-3-9(21-2)7-13(10)18/h3-4,7,11-12,14-15,18H,5-6,8H2,1-2H3,(H,17,19)/t11-,12+,14+,15-/m0/s1. The third-order valence-electron chi connectivity index (χ3n) is 4.63. The van der Waals surface area contributed by atoms with Crippen molar-refractivity contribution in [3.05, 3.63) is 23.8 Å². The van der Waals surface area contributed by atoms with E-state index in [-0.39, 0.29) is 35.3 Å². The Bertz CT molecular complexity index is 561. The Morgan fingerprint density at radius 1 is 1.45 bits per heavy atom. The molecule has 120 valence electrons. The van der Waals surface area contributed by atoms with Gasteiger partial charge in [-0.1, -0.05) is 0 Å². The molecular formula is C16H21NO5. The molecule has 1 saturated heterocycles. The number of hydrogen-bond acceptors (Lipinski definition) is 5. The molecule has 2 fully saturated rings. The first-order chi connectivity index (χ1) is 10.7. The highest BCUT2D eigenvalue weighted by Crippen LogP contribution is 2.44. The molecule has 3 rings (SSSR count). The van der Waals surface area contributed by atoms with Crippen molar-refractivity contribution < 1.29 is 24.1 Å². The fourth-order valence-electron chi connectivity index (χ4n) is 3.49. The predicted octanol–water partition coefficient (Wildman–Crippen LogP) is 1.18. The van der Waals surface area contributed by atoms with E-state index >= 15 is 0 Å². The molecule has 1 saturated carbocycles. The minimum atomic E-state index is -0.281. The van der Waals surface area contributed by atoms with Crippen molar-refractivity contribution >= 4 is 5.91 Å². The highest BCUT2D eigenvalue weighted by molar-refractivity contribution is 5.97. The Morgan fingerprint density at radius 3 is 2.95 bits per heavy atom. The van der Waals surface area contributed by atoms with Crippen LogP contribution in [0.3, 0.4) is 0 Å². The van der Waals surface area contributed by atoms with Crippen LogP contribution in [0.5, 0.6) is 11.5 Å². The van der Waals surface area contributed by atoms with Crippen molar-refractivity contribution in [2.75, 3.05) is 27.4 Å². The van der Waals surface area contributed by atoms with Gasteiger partial charge in [0.2, 0.25) is 0 Å². The summed E-state index contributed by atoms with van der Waals surface area (Å²) < 4.78 is 15.9. The number of nitrogens with one attached hydrogen (secondary N) is 1. The monoisotopic (exact) mass is 307 g/mol. The van der Waals surface area contributed by atoms with Crippen LogP contribution in [-0.2, 0) is 9.47 Å². The summed E-state index contributed by atoms with van der Waals surface area (Å²) in [6, 6.07) is 4.69. The number of carbonyl (C=O) groups is 1. The number of amides is 1. The lowest BCUT2D eigenvalue weighted by molar-refractivity contribution is -0.0809. The fraction of sp³-hybridized carbons (Fsp3) is 0.562. The molecule has 1 aromatic rings. The average Bonchev–Trinajstić information content (AvgIpc) is 2.94. The lowest BCUT2D eigenvalue weighted by atomic mass is 9.67. The first-order valence-corrected chi connectivity index (χ1v) is 7.44. The van der Waals surface area contributed by atoms with Gasteiger partial charge in [-0.3, -0.25) is 4.79 Å². The van der Waals surface area contributed by atoms with E-state index < -0.39 is 0 Å². The van der Waals surface area contributed by atoms with E-state index in [4.69, 9.17) is 14.2 Å². The Kier molecular flexibility index (Phi) is 4.22. The van der Waals surface area contributed by atoms with Crippen LogP contribution in [-0.4, -0.2) is 50.6 Å². The highest BCUT2D eigenvalue weighted by Gasteiger charge is 2.54. The average molecular weight is 307 g/mol. The van der Waals surface area contributed by atoms with E-state index in [1.165, 1.54) is 13.2 Å². The second kappa shape index (κ2) is 6.14. The Balaban J connectivity index is 1.71. The second-order valence-corrected chi connectivity index (χ2v) is 5.79. The molecule has 0 radical (unpaired) electrons. The first-order valence-electron chi connectivity index (χ1n) is 7.44. The summed E-state index contributed by atoms with van der Waals surface area (Å²) in [5, 5.41) is 13.0. The Hall–Kier alpha value is -1.79. The van der Waals surface area contributed by atoms with Crippen LogP contribution < -0.4 is 10.1 Å². The molecule has 0 aromatic heterocycles. The lowest BCUT2D eigenvalue weighted by Gasteiger charge is -2.47. The number of phenols is 1. The highest BCUT2D eigenvalue weighted by atomic mass is 16.5. The minimum Gasteiger partial charge on any atom is -0.507 e. The molecule has 1 aliphatic carbocycles. The maximum absolute atomic E-state index is 12.4. The molecule has 2 aliphatic rings. The van der Waals surface area contributed by atoms with Crippen molar-refractivity contribution in [1.82, 2.24) is 5.32 Å². The number of phenolic OH excluding ortho intramolecular Hbond substituents is 1. The van der Waals surface area contributed by atoms with Gasteiger partial charge in [-0.25, -0.2) is 0 Å². The molecule has 1 aromatic carbocycles. The zero-order valence-electron chi connectivity index (χ0n) is 12.7. The van der Waals surface area contributed by atoms with Crippen LogP contribution in [0.25, 0.3) is 0 Å². The fourth-order valence-corrected chi connectivity index (χ4v) is 3.49. The molecule has 1 aliphatic heterocycles. The second-order valence-electron chi connectivity index (χ2n) is 5.79. The van der Waals surface area contributed by atoms with Crippen LogP contribution in [0.4, 0.5) is 0 Å². The normalized spacial score (nSPS) is 29.5. The number of hydrogen-bond donors (Lipinski definition) is 2. The van der Waals surface area contributed by atoms with Gasteiger partial charge in [-0.2, -0.15) is 0 Å². The quantitative estimate of drug-likeness (QED) is 0.854. The Morgan fingerprint density at radius 2 is 2.27 bits per heavy atom. The number of aromatic hydroxyl groups is 1. The molecular weight excluding hydrogens is 286 g/mol. The van der Waals surface area contributed by atoms with Gasteiger partial charge in [0.05, 0.1) is 25.4 Å². The van der Waals surface area contributed by atoms with Crippen molar-refractivity contribution in [3.8, 4) is 11.5 Å². The van der Waals surface area contributed by atoms with Crippen molar-refractivity contribution in [2.45, 2.75) is 18.6 Å². The molecule has 0 bridgehead atoms. The lowest BCUT2D eigenvalue weighted by Crippen LogP contribution is -2.62. The van der Waals surface area contributed by atoms with Crippen LogP contribution in [0.1, 0.15) is 16.8 Å². The van der Waals surface area contributed by atoms with Crippen molar-refractivity contribution in [2.24, 2.45) is 11.8 Å². The van der Waals surface area contributed by atoms with E-state index in [0.717, 1.165) is 13.0 Å². The number of carbonyl (C=O) groups excluding carboxylic acids is 1. The summed E-state index contributed by atoms with van der Waals surface area (Å²) in [5.41, 5.74) is 0.249. The number of ether oxygens (including phenoxy) is 3. The number of rotatable bonds is 5. The van der Waals surface area contributed by atoms with Gasteiger partial charge >= 0.3 is 0 Å². The third-order valence-corrected chi connectivity index (χ3v) is 4.63. The maximum atomic E-state index is 12.4. The summed E-state index contributed by atoms with van der Waals surface area (Å²) in [7, 11) is 3.16. The van der Waals surface area contributed by atoms with Crippen molar-refractivity contribution in [1.29, 1.82) is 0 Å². The van der Waals surface area contributed by atoms with Crippen LogP contribution in [0, 0.1) is 11.8 Å². The molecule has 6 nitrogen and oxygen atoms in total. The van der Waals surface area contributed by atoms with Gasteiger partial charge in [0.25, 0.3) is 5.91 Å². The molecule has 4 atom stereocenters. The molecule has 22 heavy (non-hydrogen) atoms. The largest absolute Gasteiger partial charge is 0.507 e. The predicted molar refractivity (Wildman–Crippen MR) is 79.1 cm³/mol. The maximum Gasteiger partial charge on any atom is 0.255 e. The van der Waals surface area contributed by atoms with Crippen LogP contribution in [0.2, 0.25) is 0 Å². The Labute approximate surface area is 129 Å². The summed E-state index contributed by atoms with van der Waals surface area (Å²) in [4.78, 5) is 12.4. The van der Waals surface area contributed by atoms with Gasteiger partial charge in [0.1, 0.15) is 11.5 Å². The topological polar surface area (TPSA) is 77.0 Å². The summed E-state index contributed by atoms with van der Waals surface area (Å²) in [5.74, 6) is 0.654. The van der Waals surface area contributed by atoms with E-state index in [9.17, 15) is 9.90 Å². The summed E-state index contributed by atoms with van der Waals surface area (Å²) >= 11 is 0. The van der Waals surface area contributed by atoms with E-state index in [2.05, 4.69) is 5.32 Å².